The van der Waals surface area contributed by atoms with Gasteiger partial charge in [0.05, 0.1) is 10.5 Å². The number of carbonyl (C=O) groups excluding carboxylic acids is 1. The lowest BCUT2D eigenvalue weighted by Gasteiger charge is -2.32. The molecule has 1 unspecified atom stereocenters. The third-order valence-corrected chi connectivity index (χ3v) is 8.60. The number of fused-ring (bicyclic) bond motifs is 1. The van der Waals surface area contributed by atoms with E-state index in [-0.39, 0.29) is 23.4 Å². The molecule has 1 aromatic heterocycles. The van der Waals surface area contributed by atoms with Crippen LogP contribution in [0.4, 0.5) is 0 Å². The van der Waals surface area contributed by atoms with Gasteiger partial charge < -0.3 is 4.74 Å². The van der Waals surface area contributed by atoms with Crippen molar-refractivity contribution in [2.75, 3.05) is 6.54 Å². The molecule has 1 aliphatic rings. The molecule has 0 saturated heterocycles. The van der Waals surface area contributed by atoms with Crippen LogP contribution in [0.1, 0.15) is 28.4 Å². The Morgan fingerprint density at radius 1 is 0.974 bits per heavy atom. The first-order chi connectivity index (χ1) is 18.9. The zero-order valence-electron chi connectivity index (χ0n) is 21.0. The highest BCUT2D eigenvalue weighted by Gasteiger charge is 2.43. The summed E-state index contributed by atoms with van der Waals surface area (Å²) < 4.78 is 35.4. The normalized spacial score (nSPS) is 15.5. The van der Waals surface area contributed by atoms with Crippen molar-refractivity contribution in [1.82, 2.24) is 19.6 Å². The molecular weight excluding hydrogens is 520 g/mol. The Kier molecular flexibility index (Phi) is 7.64. The summed E-state index contributed by atoms with van der Waals surface area (Å²) in [5.74, 6) is -0.524. The molecule has 3 aromatic carbocycles. The molecule has 5 rings (SSSR count). The Hall–Kier alpha value is -4.19. The fraction of sp³-hybridized carbons (Fsp3) is 0.214. The van der Waals surface area contributed by atoms with Crippen LogP contribution in [0.3, 0.4) is 0 Å². The number of aryl methyl sites for hydroxylation is 2. The Morgan fingerprint density at radius 3 is 2.26 bits per heavy atom. The second-order valence-corrected chi connectivity index (χ2v) is 11.1. The molecule has 1 atom stereocenters. The second kappa shape index (κ2) is 11.3. The van der Waals surface area contributed by atoms with Crippen molar-refractivity contribution in [3.8, 4) is 5.75 Å². The summed E-state index contributed by atoms with van der Waals surface area (Å²) in [5.41, 5.74) is 3.51. The van der Waals surface area contributed by atoms with Crippen molar-refractivity contribution < 1.29 is 23.2 Å². The van der Waals surface area contributed by atoms with Gasteiger partial charge in [0.25, 0.3) is 11.5 Å². The third-order valence-electron chi connectivity index (χ3n) is 6.72. The van der Waals surface area contributed by atoms with Gasteiger partial charge in [-0.3, -0.25) is 24.6 Å². The SMILES string of the molecule is O=C(NO)C1c2c([nH]n(CCc3ccccc3)c2=O)CCN1S(=O)(=O)c1ccc(OCc2ccccc2)cc1. The van der Waals surface area contributed by atoms with E-state index in [1.54, 1.807) is 12.1 Å². The van der Waals surface area contributed by atoms with E-state index in [2.05, 4.69) is 5.10 Å². The zero-order valence-corrected chi connectivity index (χ0v) is 21.8. The Bertz CT molecular complexity index is 1600. The summed E-state index contributed by atoms with van der Waals surface area (Å²) in [6, 6.07) is 23.5. The first-order valence-electron chi connectivity index (χ1n) is 12.5. The molecule has 11 heteroatoms. The average Bonchev–Trinajstić information content (AvgIpc) is 3.30. The fourth-order valence-corrected chi connectivity index (χ4v) is 6.29. The van der Waals surface area contributed by atoms with Crippen LogP contribution < -0.4 is 15.8 Å². The molecule has 10 nitrogen and oxygen atoms in total. The maximum atomic E-state index is 13.7. The van der Waals surface area contributed by atoms with Gasteiger partial charge in [-0.2, -0.15) is 4.31 Å². The van der Waals surface area contributed by atoms with Crippen molar-refractivity contribution in [2.45, 2.75) is 36.9 Å². The molecule has 202 valence electrons. The van der Waals surface area contributed by atoms with Gasteiger partial charge in [0.15, 0.2) is 0 Å². The van der Waals surface area contributed by atoms with Crippen LogP contribution in [0.15, 0.2) is 94.6 Å². The maximum absolute atomic E-state index is 13.7. The van der Waals surface area contributed by atoms with Crippen LogP contribution in [0.25, 0.3) is 0 Å². The lowest BCUT2D eigenvalue weighted by atomic mass is 10.0. The van der Waals surface area contributed by atoms with Crippen molar-refractivity contribution in [3.63, 3.8) is 0 Å². The van der Waals surface area contributed by atoms with Gasteiger partial charge in [0.2, 0.25) is 10.0 Å². The molecule has 0 aliphatic carbocycles. The molecule has 0 fully saturated rings. The minimum Gasteiger partial charge on any atom is -0.489 e. The number of rotatable bonds is 9. The van der Waals surface area contributed by atoms with E-state index >= 15 is 0 Å². The highest BCUT2D eigenvalue weighted by Crippen LogP contribution is 2.33. The molecule has 4 aromatic rings. The molecule has 0 saturated carbocycles. The predicted octanol–water partition coefficient (Wildman–Crippen LogP) is 2.79. The Labute approximate surface area is 225 Å². The number of sulfonamides is 1. The average molecular weight is 549 g/mol. The largest absolute Gasteiger partial charge is 0.489 e. The molecule has 3 N–H and O–H groups in total. The van der Waals surface area contributed by atoms with E-state index in [1.807, 2.05) is 60.7 Å². The maximum Gasteiger partial charge on any atom is 0.272 e. The first-order valence-corrected chi connectivity index (χ1v) is 13.9. The number of nitrogens with one attached hydrogen (secondary N) is 2. The molecular formula is C28H28N4O6S. The highest BCUT2D eigenvalue weighted by atomic mass is 32.2. The Morgan fingerprint density at radius 2 is 1.62 bits per heavy atom. The monoisotopic (exact) mass is 548 g/mol. The molecule has 0 spiro atoms. The molecule has 0 bridgehead atoms. The molecule has 1 aliphatic heterocycles. The smallest absolute Gasteiger partial charge is 0.272 e. The predicted molar refractivity (Wildman–Crippen MR) is 143 cm³/mol. The van der Waals surface area contributed by atoms with Crippen molar-refractivity contribution in [1.29, 1.82) is 0 Å². The van der Waals surface area contributed by atoms with Gasteiger partial charge in [-0.1, -0.05) is 60.7 Å². The van der Waals surface area contributed by atoms with Gasteiger partial charge >= 0.3 is 0 Å². The van der Waals surface area contributed by atoms with Gasteiger partial charge in [-0.05, 0) is 41.8 Å². The van der Waals surface area contributed by atoms with E-state index < -0.39 is 27.5 Å². The summed E-state index contributed by atoms with van der Waals surface area (Å²) in [6.07, 6.45) is 0.771. The Balaban J connectivity index is 1.39. The lowest BCUT2D eigenvalue weighted by molar-refractivity contribution is -0.133. The van der Waals surface area contributed by atoms with E-state index in [4.69, 9.17) is 4.74 Å². The number of ether oxygens (including phenoxy) is 1. The van der Waals surface area contributed by atoms with Gasteiger partial charge in [-0.25, -0.2) is 13.9 Å². The van der Waals surface area contributed by atoms with Crippen molar-refractivity contribution in [3.05, 3.63) is 118 Å². The van der Waals surface area contributed by atoms with Gasteiger partial charge in [0, 0.05) is 25.2 Å². The molecule has 0 radical (unpaired) electrons. The quantitative estimate of drug-likeness (QED) is 0.218. The van der Waals surface area contributed by atoms with E-state index in [0.29, 0.717) is 31.0 Å². The summed E-state index contributed by atoms with van der Waals surface area (Å²) >= 11 is 0. The van der Waals surface area contributed by atoms with Gasteiger partial charge in [0.1, 0.15) is 18.4 Å². The van der Waals surface area contributed by atoms with E-state index in [9.17, 15) is 23.2 Å². The van der Waals surface area contributed by atoms with Crippen LogP contribution >= 0.6 is 0 Å². The molecule has 1 amide bonds. The van der Waals surface area contributed by atoms with Crippen LogP contribution in [0.2, 0.25) is 0 Å². The zero-order chi connectivity index (χ0) is 27.4. The van der Waals surface area contributed by atoms with Crippen molar-refractivity contribution in [2.24, 2.45) is 0 Å². The van der Waals surface area contributed by atoms with Crippen molar-refractivity contribution >= 4 is 15.9 Å². The minimum atomic E-state index is -4.21. The van der Waals surface area contributed by atoms with Crippen LogP contribution in [-0.2, 0) is 40.8 Å². The number of H-pyrrole nitrogens is 1. The number of carbonyl (C=O) groups is 1. The van der Waals surface area contributed by atoms with Crippen LogP contribution in [0.5, 0.6) is 5.75 Å². The number of hydroxylamine groups is 1. The summed E-state index contributed by atoms with van der Waals surface area (Å²) in [6.45, 7) is 0.587. The first kappa shape index (κ1) is 26.4. The van der Waals surface area contributed by atoms with Crippen LogP contribution in [-0.4, -0.2) is 40.2 Å². The molecule has 2 heterocycles. The molecule has 39 heavy (non-hydrogen) atoms. The van der Waals surface area contributed by atoms with Crippen LogP contribution in [0, 0.1) is 0 Å². The number of hydrogen-bond donors (Lipinski definition) is 3. The number of amides is 1. The standard InChI is InChI=1S/C28H28N4O6S/c33-27(30-35)26-25-24(29-31(28(25)34)17-15-20-7-3-1-4-8-20)16-18-32(26)39(36,37)23-13-11-22(12-14-23)38-19-21-9-5-2-6-10-21/h1-14,26,29,35H,15-19H2,(H,30,33). The number of aromatic nitrogens is 2. The summed E-state index contributed by atoms with van der Waals surface area (Å²) in [5, 5.41) is 12.5. The lowest BCUT2D eigenvalue weighted by Crippen LogP contribution is -2.48. The topological polar surface area (TPSA) is 134 Å². The van der Waals surface area contributed by atoms with E-state index in [1.165, 1.54) is 22.3 Å². The fourth-order valence-electron chi connectivity index (χ4n) is 4.73. The van der Waals surface area contributed by atoms with Gasteiger partial charge in [-0.15, -0.1) is 0 Å². The number of nitrogens with zero attached hydrogens (tertiary/aromatic N) is 2. The van der Waals surface area contributed by atoms with E-state index in [0.717, 1.165) is 15.4 Å². The summed E-state index contributed by atoms with van der Waals surface area (Å²) in [7, 11) is -4.21. The number of hydrogen-bond acceptors (Lipinski definition) is 6. The number of aromatic amines is 1. The highest BCUT2D eigenvalue weighted by molar-refractivity contribution is 7.89. The number of benzene rings is 3. The second-order valence-electron chi connectivity index (χ2n) is 9.19. The minimum absolute atomic E-state index is 0.00671. The third kappa shape index (κ3) is 5.51. The summed E-state index contributed by atoms with van der Waals surface area (Å²) in [4.78, 5) is 26.1.